The molecule has 6 heteroatoms. The molecule has 0 unspecified atom stereocenters. The molecular formula is C20H25NO5. The van der Waals surface area contributed by atoms with Crippen LogP contribution < -0.4 is 24.3 Å². The Labute approximate surface area is 154 Å². The first-order valence-corrected chi connectivity index (χ1v) is 8.40. The Hall–Kier alpha value is -2.89. The predicted octanol–water partition coefficient (Wildman–Crippen LogP) is 3.05. The lowest BCUT2D eigenvalue weighted by Gasteiger charge is -2.20. The van der Waals surface area contributed by atoms with E-state index in [-0.39, 0.29) is 11.9 Å². The third-order valence-corrected chi connectivity index (χ3v) is 3.69. The van der Waals surface area contributed by atoms with E-state index in [0.29, 0.717) is 23.9 Å². The molecule has 1 amide bonds. The average Bonchev–Trinajstić information content (AvgIpc) is 2.67. The molecule has 0 aliphatic heterocycles. The highest BCUT2D eigenvalue weighted by atomic mass is 16.5. The van der Waals surface area contributed by atoms with E-state index in [2.05, 4.69) is 5.32 Å². The SMILES string of the molecule is COc1ccc(OC[C@H](C)NC(=O)[C@H](C)Oc2ccccc2OC)cc1. The van der Waals surface area contributed by atoms with E-state index in [0.717, 1.165) is 5.75 Å². The van der Waals surface area contributed by atoms with Crippen molar-refractivity contribution in [3.05, 3.63) is 48.5 Å². The Morgan fingerprint density at radius 1 is 0.923 bits per heavy atom. The first-order chi connectivity index (χ1) is 12.5. The van der Waals surface area contributed by atoms with Gasteiger partial charge in [0.05, 0.1) is 20.3 Å². The van der Waals surface area contributed by atoms with Crippen molar-refractivity contribution < 1.29 is 23.7 Å². The van der Waals surface area contributed by atoms with Crippen LogP contribution in [0.2, 0.25) is 0 Å². The molecule has 26 heavy (non-hydrogen) atoms. The molecule has 2 rings (SSSR count). The van der Waals surface area contributed by atoms with Crippen molar-refractivity contribution in [2.45, 2.75) is 26.0 Å². The highest BCUT2D eigenvalue weighted by Crippen LogP contribution is 2.26. The maximum absolute atomic E-state index is 12.3. The van der Waals surface area contributed by atoms with Crippen molar-refractivity contribution in [1.82, 2.24) is 5.32 Å². The molecule has 0 aromatic heterocycles. The number of benzene rings is 2. The van der Waals surface area contributed by atoms with E-state index in [1.165, 1.54) is 0 Å². The largest absolute Gasteiger partial charge is 0.497 e. The van der Waals surface area contributed by atoms with E-state index < -0.39 is 6.10 Å². The summed E-state index contributed by atoms with van der Waals surface area (Å²) in [6.45, 7) is 3.91. The van der Waals surface area contributed by atoms with Gasteiger partial charge in [0.25, 0.3) is 5.91 Å². The minimum Gasteiger partial charge on any atom is -0.497 e. The van der Waals surface area contributed by atoms with Gasteiger partial charge in [0.2, 0.25) is 0 Å². The Balaban J connectivity index is 1.81. The lowest BCUT2D eigenvalue weighted by molar-refractivity contribution is -0.128. The van der Waals surface area contributed by atoms with E-state index in [4.69, 9.17) is 18.9 Å². The summed E-state index contributed by atoms with van der Waals surface area (Å²) in [5.41, 5.74) is 0. The molecule has 0 saturated carbocycles. The number of ether oxygens (including phenoxy) is 4. The summed E-state index contributed by atoms with van der Waals surface area (Å²) in [5.74, 6) is 2.37. The number of amides is 1. The van der Waals surface area contributed by atoms with Crippen molar-refractivity contribution in [3.63, 3.8) is 0 Å². The Morgan fingerprint density at radius 2 is 1.54 bits per heavy atom. The predicted molar refractivity (Wildman–Crippen MR) is 99.2 cm³/mol. The van der Waals surface area contributed by atoms with Gasteiger partial charge in [0, 0.05) is 0 Å². The zero-order chi connectivity index (χ0) is 18.9. The summed E-state index contributed by atoms with van der Waals surface area (Å²) in [6.07, 6.45) is -0.658. The summed E-state index contributed by atoms with van der Waals surface area (Å²) in [6, 6.07) is 14.3. The van der Waals surface area contributed by atoms with Crippen LogP contribution in [0.25, 0.3) is 0 Å². The number of hydrogen-bond donors (Lipinski definition) is 1. The summed E-state index contributed by atoms with van der Waals surface area (Å²) >= 11 is 0. The number of nitrogens with one attached hydrogen (secondary N) is 1. The molecule has 0 aliphatic carbocycles. The van der Waals surface area contributed by atoms with Gasteiger partial charge >= 0.3 is 0 Å². The second kappa shape index (κ2) is 9.56. The molecule has 0 radical (unpaired) electrons. The van der Waals surface area contributed by atoms with Crippen LogP contribution in [-0.4, -0.2) is 38.9 Å². The normalized spacial score (nSPS) is 12.6. The van der Waals surface area contributed by atoms with Crippen molar-refractivity contribution in [3.8, 4) is 23.0 Å². The minimum atomic E-state index is -0.658. The van der Waals surface area contributed by atoms with Crippen LogP contribution >= 0.6 is 0 Å². The highest BCUT2D eigenvalue weighted by Gasteiger charge is 2.18. The van der Waals surface area contributed by atoms with Crippen LogP contribution in [0.5, 0.6) is 23.0 Å². The van der Waals surface area contributed by atoms with Crippen molar-refractivity contribution >= 4 is 5.91 Å². The first-order valence-electron chi connectivity index (χ1n) is 8.40. The maximum Gasteiger partial charge on any atom is 0.261 e. The van der Waals surface area contributed by atoms with E-state index in [1.807, 2.05) is 43.3 Å². The van der Waals surface area contributed by atoms with Gasteiger partial charge in [0.1, 0.15) is 18.1 Å². The number of carbonyl (C=O) groups is 1. The fourth-order valence-electron chi connectivity index (χ4n) is 2.26. The fourth-order valence-corrected chi connectivity index (χ4v) is 2.26. The van der Waals surface area contributed by atoms with E-state index in [1.54, 1.807) is 33.3 Å². The van der Waals surface area contributed by atoms with E-state index in [9.17, 15) is 4.79 Å². The summed E-state index contributed by atoms with van der Waals surface area (Å²) in [5, 5.41) is 2.88. The molecule has 0 bridgehead atoms. The zero-order valence-corrected chi connectivity index (χ0v) is 15.5. The molecule has 1 N–H and O–H groups in total. The molecule has 0 fully saturated rings. The number of hydrogen-bond acceptors (Lipinski definition) is 5. The molecule has 6 nitrogen and oxygen atoms in total. The molecule has 0 spiro atoms. The third kappa shape index (κ3) is 5.58. The fraction of sp³-hybridized carbons (Fsp3) is 0.350. The van der Waals surface area contributed by atoms with Crippen molar-refractivity contribution in [1.29, 1.82) is 0 Å². The Bertz CT molecular complexity index is 702. The second-order valence-corrected chi connectivity index (χ2v) is 5.81. The standard InChI is InChI=1S/C20H25NO5/c1-14(13-25-17-11-9-16(23-3)10-12-17)21-20(22)15(2)26-19-8-6-5-7-18(19)24-4/h5-12,14-15H,13H2,1-4H3,(H,21,22)/t14-,15-/m0/s1. The highest BCUT2D eigenvalue weighted by molar-refractivity contribution is 5.81. The molecule has 0 heterocycles. The van der Waals surface area contributed by atoms with Gasteiger partial charge in [-0.3, -0.25) is 4.79 Å². The number of methoxy groups -OCH3 is 2. The Kier molecular flexibility index (Phi) is 7.14. The molecule has 2 aromatic carbocycles. The van der Waals surface area contributed by atoms with Crippen LogP contribution in [0.3, 0.4) is 0 Å². The zero-order valence-electron chi connectivity index (χ0n) is 15.5. The van der Waals surface area contributed by atoms with Gasteiger partial charge in [-0.25, -0.2) is 0 Å². The average molecular weight is 359 g/mol. The van der Waals surface area contributed by atoms with Crippen molar-refractivity contribution in [2.24, 2.45) is 0 Å². The van der Waals surface area contributed by atoms with Gasteiger partial charge in [-0.15, -0.1) is 0 Å². The van der Waals surface area contributed by atoms with E-state index >= 15 is 0 Å². The summed E-state index contributed by atoms with van der Waals surface area (Å²) in [7, 11) is 3.17. The van der Waals surface area contributed by atoms with Crippen molar-refractivity contribution in [2.75, 3.05) is 20.8 Å². The van der Waals surface area contributed by atoms with Crippen LogP contribution in [0, 0.1) is 0 Å². The number of carbonyl (C=O) groups excluding carboxylic acids is 1. The van der Waals surface area contributed by atoms with Gasteiger partial charge in [-0.2, -0.15) is 0 Å². The summed E-state index contributed by atoms with van der Waals surface area (Å²) < 4.78 is 21.7. The monoisotopic (exact) mass is 359 g/mol. The molecule has 0 saturated heterocycles. The molecular weight excluding hydrogens is 334 g/mol. The molecule has 2 aromatic rings. The lowest BCUT2D eigenvalue weighted by atomic mass is 10.3. The second-order valence-electron chi connectivity index (χ2n) is 5.81. The first kappa shape index (κ1) is 19.4. The van der Waals surface area contributed by atoms with Gasteiger partial charge in [0.15, 0.2) is 17.6 Å². The minimum absolute atomic E-state index is 0.173. The third-order valence-electron chi connectivity index (χ3n) is 3.69. The van der Waals surface area contributed by atoms with Crippen LogP contribution in [-0.2, 0) is 4.79 Å². The van der Waals surface area contributed by atoms with Crippen LogP contribution in [0.4, 0.5) is 0 Å². The molecule has 140 valence electrons. The van der Waals surface area contributed by atoms with Crippen LogP contribution in [0.1, 0.15) is 13.8 Å². The smallest absolute Gasteiger partial charge is 0.261 e. The topological polar surface area (TPSA) is 66.0 Å². The number of para-hydroxylation sites is 2. The number of rotatable bonds is 9. The lowest BCUT2D eigenvalue weighted by Crippen LogP contribution is -2.43. The molecule has 0 aliphatic rings. The van der Waals surface area contributed by atoms with Gasteiger partial charge in [-0.05, 0) is 50.2 Å². The Morgan fingerprint density at radius 3 is 2.15 bits per heavy atom. The summed E-state index contributed by atoms with van der Waals surface area (Å²) in [4.78, 5) is 12.3. The van der Waals surface area contributed by atoms with Gasteiger partial charge < -0.3 is 24.3 Å². The quantitative estimate of drug-likeness (QED) is 0.745. The molecule has 2 atom stereocenters. The maximum atomic E-state index is 12.3. The van der Waals surface area contributed by atoms with Gasteiger partial charge in [-0.1, -0.05) is 12.1 Å². The van der Waals surface area contributed by atoms with Crippen LogP contribution in [0.15, 0.2) is 48.5 Å².